The minimum atomic E-state index is 0.840. The minimum absolute atomic E-state index is 0.840. The molecule has 1 aliphatic rings. The molecule has 2 rings (SSSR count). The molecule has 1 aromatic carbocycles. The molecule has 112 valence electrons. The smallest absolute Gasteiger partial charge is 0.127 e. The van der Waals surface area contributed by atoms with E-state index < -0.39 is 0 Å². The Kier molecular flexibility index (Phi) is 5.72. The van der Waals surface area contributed by atoms with Crippen LogP contribution in [0.15, 0.2) is 18.2 Å². The minimum Gasteiger partial charge on any atom is -0.497 e. The van der Waals surface area contributed by atoms with E-state index >= 15 is 0 Å². The van der Waals surface area contributed by atoms with Crippen molar-refractivity contribution in [1.29, 1.82) is 0 Å². The van der Waals surface area contributed by atoms with Crippen LogP contribution in [0.4, 0.5) is 0 Å². The second-order valence-electron chi connectivity index (χ2n) is 5.93. The Balaban J connectivity index is 1.81. The lowest BCUT2D eigenvalue weighted by Gasteiger charge is -2.26. The first kappa shape index (κ1) is 15.2. The van der Waals surface area contributed by atoms with E-state index in [0.29, 0.717) is 0 Å². The van der Waals surface area contributed by atoms with Gasteiger partial charge in [0, 0.05) is 18.2 Å². The Morgan fingerprint density at radius 3 is 2.50 bits per heavy atom. The van der Waals surface area contributed by atoms with Crippen molar-refractivity contribution < 1.29 is 9.47 Å². The molecule has 0 saturated heterocycles. The Hall–Kier alpha value is -1.22. The van der Waals surface area contributed by atoms with E-state index in [1.807, 2.05) is 12.1 Å². The Bertz CT molecular complexity index is 411. The van der Waals surface area contributed by atoms with Gasteiger partial charge in [0.2, 0.25) is 0 Å². The standard InChI is InChI=1S/C17H27NO2/c1-13-4-6-14(7-5-13)11-18-12-15-8-9-16(19-2)10-17(15)20-3/h8-10,13-14,18H,4-7,11-12H2,1-3H3. The number of hydrogen-bond acceptors (Lipinski definition) is 3. The van der Waals surface area contributed by atoms with Gasteiger partial charge in [-0.15, -0.1) is 0 Å². The Morgan fingerprint density at radius 2 is 1.85 bits per heavy atom. The molecule has 0 aliphatic heterocycles. The van der Waals surface area contributed by atoms with Gasteiger partial charge < -0.3 is 14.8 Å². The molecule has 1 fully saturated rings. The number of nitrogens with one attached hydrogen (secondary N) is 1. The van der Waals surface area contributed by atoms with Crippen molar-refractivity contribution in [2.45, 2.75) is 39.2 Å². The van der Waals surface area contributed by atoms with Gasteiger partial charge in [0.05, 0.1) is 14.2 Å². The summed E-state index contributed by atoms with van der Waals surface area (Å²) in [5.41, 5.74) is 1.19. The molecule has 0 spiro atoms. The van der Waals surface area contributed by atoms with Gasteiger partial charge in [-0.1, -0.05) is 25.8 Å². The van der Waals surface area contributed by atoms with Crippen LogP contribution in [0.1, 0.15) is 38.2 Å². The van der Waals surface area contributed by atoms with E-state index in [0.717, 1.165) is 36.4 Å². The van der Waals surface area contributed by atoms with E-state index in [9.17, 15) is 0 Å². The molecule has 1 saturated carbocycles. The van der Waals surface area contributed by atoms with Crippen LogP contribution in [0.2, 0.25) is 0 Å². The molecule has 1 aromatic rings. The van der Waals surface area contributed by atoms with Crippen molar-refractivity contribution in [2.75, 3.05) is 20.8 Å². The molecule has 20 heavy (non-hydrogen) atoms. The van der Waals surface area contributed by atoms with Gasteiger partial charge in [-0.3, -0.25) is 0 Å². The Morgan fingerprint density at radius 1 is 1.10 bits per heavy atom. The van der Waals surface area contributed by atoms with Crippen molar-refractivity contribution in [3.05, 3.63) is 23.8 Å². The van der Waals surface area contributed by atoms with Gasteiger partial charge >= 0.3 is 0 Å². The van der Waals surface area contributed by atoms with E-state index in [1.54, 1.807) is 14.2 Å². The molecular weight excluding hydrogens is 250 g/mol. The van der Waals surface area contributed by atoms with Crippen LogP contribution in [0.25, 0.3) is 0 Å². The number of rotatable bonds is 6. The maximum absolute atomic E-state index is 5.42. The molecule has 3 nitrogen and oxygen atoms in total. The van der Waals surface area contributed by atoms with Crippen molar-refractivity contribution in [2.24, 2.45) is 11.8 Å². The lowest BCUT2D eigenvalue weighted by atomic mass is 9.83. The molecular formula is C17H27NO2. The van der Waals surface area contributed by atoms with Crippen LogP contribution in [-0.4, -0.2) is 20.8 Å². The fourth-order valence-electron chi connectivity index (χ4n) is 2.94. The second kappa shape index (κ2) is 7.53. The van der Waals surface area contributed by atoms with Gasteiger partial charge in [0.15, 0.2) is 0 Å². The quantitative estimate of drug-likeness (QED) is 0.861. The first-order chi connectivity index (χ1) is 9.72. The van der Waals surface area contributed by atoms with E-state index in [-0.39, 0.29) is 0 Å². The third-order valence-electron chi connectivity index (χ3n) is 4.38. The van der Waals surface area contributed by atoms with Crippen LogP contribution in [0.5, 0.6) is 11.5 Å². The molecule has 0 aromatic heterocycles. The van der Waals surface area contributed by atoms with Gasteiger partial charge in [-0.2, -0.15) is 0 Å². The van der Waals surface area contributed by atoms with Crippen molar-refractivity contribution in [1.82, 2.24) is 5.32 Å². The van der Waals surface area contributed by atoms with Crippen LogP contribution >= 0.6 is 0 Å². The molecule has 0 atom stereocenters. The molecule has 0 amide bonds. The lowest BCUT2D eigenvalue weighted by molar-refractivity contribution is 0.281. The number of ether oxygens (including phenoxy) is 2. The van der Waals surface area contributed by atoms with Gasteiger partial charge in [-0.05, 0) is 37.3 Å². The van der Waals surface area contributed by atoms with Gasteiger partial charge in [-0.25, -0.2) is 0 Å². The zero-order valence-electron chi connectivity index (χ0n) is 12.9. The maximum Gasteiger partial charge on any atom is 0.127 e. The summed E-state index contributed by atoms with van der Waals surface area (Å²) in [5, 5.41) is 3.58. The summed E-state index contributed by atoms with van der Waals surface area (Å²) in [7, 11) is 3.39. The first-order valence-electron chi connectivity index (χ1n) is 7.64. The Labute approximate surface area is 122 Å². The molecule has 0 heterocycles. The molecule has 0 unspecified atom stereocenters. The topological polar surface area (TPSA) is 30.5 Å². The van der Waals surface area contributed by atoms with E-state index in [4.69, 9.17) is 9.47 Å². The number of methoxy groups -OCH3 is 2. The molecule has 3 heteroatoms. The maximum atomic E-state index is 5.42. The summed E-state index contributed by atoms with van der Waals surface area (Å²) in [5.74, 6) is 3.50. The third-order valence-corrected chi connectivity index (χ3v) is 4.38. The highest BCUT2D eigenvalue weighted by Gasteiger charge is 2.17. The molecule has 1 N–H and O–H groups in total. The van der Waals surface area contributed by atoms with E-state index in [1.165, 1.54) is 31.2 Å². The summed E-state index contributed by atoms with van der Waals surface area (Å²) in [6.45, 7) is 4.34. The summed E-state index contributed by atoms with van der Waals surface area (Å²) < 4.78 is 10.6. The zero-order chi connectivity index (χ0) is 14.4. The number of hydrogen-bond donors (Lipinski definition) is 1. The zero-order valence-corrected chi connectivity index (χ0v) is 12.9. The predicted molar refractivity (Wildman–Crippen MR) is 82.4 cm³/mol. The fourth-order valence-corrected chi connectivity index (χ4v) is 2.94. The predicted octanol–water partition coefficient (Wildman–Crippen LogP) is 3.62. The highest BCUT2D eigenvalue weighted by atomic mass is 16.5. The second-order valence-corrected chi connectivity index (χ2v) is 5.93. The molecule has 0 radical (unpaired) electrons. The largest absolute Gasteiger partial charge is 0.497 e. The highest BCUT2D eigenvalue weighted by Crippen LogP contribution is 2.28. The monoisotopic (exact) mass is 277 g/mol. The van der Waals surface area contributed by atoms with E-state index in [2.05, 4.69) is 18.3 Å². The van der Waals surface area contributed by atoms with Crippen molar-refractivity contribution in [3.63, 3.8) is 0 Å². The lowest BCUT2D eigenvalue weighted by Crippen LogP contribution is -2.25. The summed E-state index contributed by atoms with van der Waals surface area (Å²) in [4.78, 5) is 0. The van der Waals surface area contributed by atoms with Crippen LogP contribution < -0.4 is 14.8 Å². The van der Waals surface area contributed by atoms with Gasteiger partial charge in [0.1, 0.15) is 11.5 Å². The highest BCUT2D eigenvalue weighted by molar-refractivity contribution is 5.40. The molecule has 1 aliphatic carbocycles. The van der Waals surface area contributed by atoms with Crippen LogP contribution in [0.3, 0.4) is 0 Å². The summed E-state index contributed by atoms with van der Waals surface area (Å²) in [6, 6.07) is 6.01. The van der Waals surface area contributed by atoms with Crippen LogP contribution in [-0.2, 0) is 6.54 Å². The van der Waals surface area contributed by atoms with Crippen molar-refractivity contribution in [3.8, 4) is 11.5 Å². The third kappa shape index (κ3) is 4.14. The first-order valence-corrected chi connectivity index (χ1v) is 7.64. The normalized spacial score (nSPS) is 22.6. The number of benzene rings is 1. The van der Waals surface area contributed by atoms with Crippen molar-refractivity contribution >= 4 is 0 Å². The van der Waals surface area contributed by atoms with Gasteiger partial charge in [0.25, 0.3) is 0 Å². The van der Waals surface area contributed by atoms with Crippen LogP contribution in [0, 0.1) is 11.8 Å². The SMILES string of the molecule is COc1ccc(CNCC2CCC(C)CC2)c(OC)c1. The molecule has 0 bridgehead atoms. The average molecular weight is 277 g/mol. The summed E-state index contributed by atoms with van der Waals surface area (Å²) in [6.07, 6.45) is 5.51. The summed E-state index contributed by atoms with van der Waals surface area (Å²) >= 11 is 0. The fraction of sp³-hybridized carbons (Fsp3) is 0.647. The average Bonchev–Trinajstić information content (AvgIpc) is 2.49.